The molecule has 0 atom stereocenters. The molecule has 0 saturated heterocycles. The van der Waals surface area contributed by atoms with Crippen molar-refractivity contribution in [3.8, 4) is 6.07 Å². The summed E-state index contributed by atoms with van der Waals surface area (Å²) in [5, 5.41) is 12.0. The Kier molecular flexibility index (Phi) is 2.09. The number of rotatable bonds is 2. The van der Waals surface area contributed by atoms with Crippen LogP contribution in [0.3, 0.4) is 0 Å². The lowest BCUT2D eigenvalue weighted by Crippen LogP contribution is -2.21. The zero-order valence-corrected chi connectivity index (χ0v) is 6.46. The summed E-state index contributed by atoms with van der Waals surface area (Å²) in [6, 6.07) is 3.16. The predicted molar refractivity (Wildman–Crippen MR) is 37.6 cm³/mol. The molecule has 0 saturated carbocycles. The Hall–Kier alpha value is -1.44. The van der Waals surface area contributed by atoms with Gasteiger partial charge < -0.3 is 0 Å². The van der Waals surface area contributed by atoms with Crippen LogP contribution in [0.15, 0.2) is 12.3 Å². The maximum absolute atomic E-state index is 12.4. The summed E-state index contributed by atoms with van der Waals surface area (Å²) in [5.74, 6) is -2.84. The second kappa shape index (κ2) is 2.89. The molecule has 0 amide bonds. The van der Waals surface area contributed by atoms with Crippen molar-refractivity contribution in [2.45, 2.75) is 19.4 Å². The van der Waals surface area contributed by atoms with Crippen LogP contribution < -0.4 is 0 Å². The van der Waals surface area contributed by atoms with Crippen molar-refractivity contribution >= 4 is 0 Å². The minimum atomic E-state index is -2.84. The lowest BCUT2D eigenvalue weighted by Gasteiger charge is -2.09. The average molecular weight is 171 g/mol. The Morgan fingerprint density at radius 2 is 2.42 bits per heavy atom. The molecular formula is C7H7F2N3. The maximum atomic E-state index is 12.4. The lowest BCUT2D eigenvalue weighted by molar-refractivity contribution is 0.000344. The van der Waals surface area contributed by atoms with E-state index in [4.69, 9.17) is 5.26 Å². The van der Waals surface area contributed by atoms with Crippen LogP contribution in [-0.2, 0) is 6.54 Å². The molecule has 1 aromatic rings. The van der Waals surface area contributed by atoms with Crippen LogP contribution in [0, 0.1) is 11.3 Å². The summed E-state index contributed by atoms with van der Waals surface area (Å²) in [6.45, 7) is 0.235. The third-order valence-electron chi connectivity index (χ3n) is 1.26. The molecule has 0 radical (unpaired) electrons. The van der Waals surface area contributed by atoms with E-state index >= 15 is 0 Å². The van der Waals surface area contributed by atoms with Crippen LogP contribution in [0.25, 0.3) is 0 Å². The van der Waals surface area contributed by atoms with E-state index in [1.54, 1.807) is 6.07 Å². The van der Waals surface area contributed by atoms with Crippen molar-refractivity contribution in [3.05, 3.63) is 18.0 Å². The van der Waals surface area contributed by atoms with Crippen molar-refractivity contribution < 1.29 is 8.78 Å². The van der Waals surface area contributed by atoms with E-state index in [-0.39, 0.29) is 5.69 Å². The average Bonchev–Trinajstić information content (AvgIpc) is 2.31. The quantitative estimate of drug-likeness (QED) is 0.675. The second-order valence-electron chi connectivity index (χ2n) is 2.56. The summed E-state index contributed by atoms with van der Waals surface area (Å²) in [5.41, 5.74) is 0.150. The zero-order chi connectivity index (χ0) is 9.19. The Morgan fingerprint density at radius 3 is 2.92 bits per heavy atom. The van der Waals surface area contributed by atoms with Gasteiger partial charge in [-0.25, -0.2) is 13.5 Å². The van der Waals surface area contributed by atoms with Gasteiger partial charge in [-0.15, -0.1) is 0 Å². The number of nitrogens with zero attached hydrogens (tertiary/aromatic N) is 3. The number of alkyl halides is 2. The van der Waals surface area contributed by atoms with Gasteiger partial charge in [0.2, 0.25) is 0 Å². The first-order valence-corrected chi connectivity index (χ1v) is 3.33. The SMILES string of the molecule is CC(F)(F)Cn1nccc1C#N. The highest BCUT2D eigenvalue weighted by molar-refractivity contribution is 5.18. The Balaban J connectivity index is 2.84. The second-order valence-corrected chi connectivity index (χ2v) is 2.56. The molecular weight excluding hydrogens is 164 g/mol. The van der Waals surface area contributed by atoms with Gasteiger partial charge in [-0.3, -0.25) is 0 Å². The van der Waals surface area contributed by atoms with Crippen LogP contribution >= 0.6 is 0 Å². The van der Waals surface area contributed by atoms with Gasteiger partial charge in [0.1, 0.15) is 18.3 Å². The summed E-state index contributed by atoms with van der Waals surface area (Å²) < 4.78 is 25.8. The van der Waals surface area contributed by atoms with E-state index in [1.165, 1.54) is 12.3 Å². The van der Waals surface area contributed by atoms with Crippen molar-refractivity contribution in [1.82, 2.24) is 9.78 Å². The van der Waals surface area contributed by atoms with E-state index in [9.17, 15) is 8.78 Å². The van der Waals surface area contributed by atoms with E-state index in [1.807, 2.05) is 0 Å². The number of hydrogen-bond acceptors (Lipinski definition) is 2. The fourth-order valence-electron chi connectivity index (χ4n) is 0.817. The summed E-state index contributed by atoms with van der Waals surface area (Å²) >= 11 is 0. The minimum absolute atomic E-state index is 0.150. The van der Waals surface area contributed by atoms with Crippen LogP contribution in [-0.4, -0.2) is 15.7 Å². The molecule has 0 aliphatic carbocycles. The first kappa shape index (κ1) is 8.65. The predicted octanol–water partition coefficient (Wildman–Crippen LogP) is 1.41. The number of aromatic nitrogens is 2. The fourth-order valence-corrected chi connectivity index (χ4v) is 0.817. The lowest BCUT2D eigenvalue weighted by atomic mass is 10.4. The summed E-state index contributed by atoms with van der Waals surface area (Å²) in [6.07, 6.45) is 1.32. The summed E-state index contributed by atoms with van der Waals surface area (Å²) in [4.78, 5) is 0. The zero-order valence-electron chi connectivity index (χ0n) is 6.46. The van der Waals surface area contributed by atoms with Gasteiger partial charge in [0.15, 0.2) is 0 Å². The summed E-state index contributed by atoms with van der Waals surface area (Å²) in [7, 11) is 0. The maximum Gasteiger partial charge on any atom is 0.264 e. The molecule has 64 valence electrons. The fraction of sp³-hybridized carbons (Fsp3) is 0.429. The van der Waals surface area contributed by atoms with Gasteiger partial charge in [0, 0.05) is 6.92 Å². The largest absolute Gasteiger partial charge is 0.264 e. The molecule has 0 unspecified atom stereocenters. The monoisotopic (exact) mass is 171 g/mol. The van der Waals surface area contributed by atoms with Gasteiger partial charge in [0.25, 0.3) is 5.92 Å². The van der Waals surface area contributed by atoms with Gasteiger partial charge in [-0.05, 0) is 6.07 Å². The smallest absolute Gasteiger partial charge is 0.249 e. The van der Waals surface area contributed by atoms with E-state index in [0.717, 1.165) is 11.6 Å². The van der Waals surface area contributed by atoms with Crippen molar-refractivity contribution in [1.29, 1.82) is 5.26 Å². The van der Waals surface area contributed by atoms with E-state index in [0.29, 0.717) is 0 Å². The molecule has 0 aliphatic heterocycles. The van der Waals surface area contributed by atoms with E-state index < -0.39 is 12.5 Å². The Bertz CT molecular complexity index is 305. The number of nitriles is 1. The topological polar surface area (TPSA) is 41.6 Å². The standard InChI is InChI=1S/C7H7F2N3/c1-7(8,9)5-12-6(4-10)2-3-11-12/h2-3H,5H2,1H3. The van der Waals surface area contributed by atoms with Crippen molar-refractivity contribution in [2.75, 3.05) is 0 Å². The highest BCUT2D eigenvalue weighted by Gasteiger charge is 2.23. The molecule has 1 aromatic heterocycles. The number of halogens is 2. The third-order valence-corrected chi connectivity index (χ3v) is 1.26. The normalized spacial score (nSPS) is 11.2. The molecule has 0 bridgehead atoms. The number of hydrogen-bond donors (Lipinski definition) is 0. The molecule has 1 heterocycles. The highest BCUT2D eigenvalue weighted by atomic mass is 19.3. The first-order chi connectivity index (χ1) is 5.53. The molecule has 0 aromatic carbocycles. The molecule has 3 nitrogen and oxygen atoms in total. The van der Waals surface area contributed by atoms with Crippen LogP contribution in [0.4, 0.5) is 8.78 Å². The van der Waals surface area contributed by atoms with Gasteiger partial charge in [0.05, 0.1) is 6.20 Å². The highest BCUT2D eigenvalue weighted by Crippen LogP contribution is 2.14. The molecule has 1 rings (SSSR count). The van der Waals surface area contributed by atoms with Crippen LogP contribution in [0.5, 0.6) is 0 Å². The molecule has 0 spiro atoms. The van der Waals surface area contributed by atoms with Gasteiger partial charge in [-0.1, -0.05) is 0 Å². The Labute approximate surface area is 68.2 Å². The van der Waals surface area contributed by atoms with Gasteiger partial charge in [-0.2, -0.15) is 10.4 Å². The molecule has 0 N–H and O–H groups in total. The van der Waals surface area contributed by atoms with Crippen molar-refractivity contribution in [2.24, 2.45) is 0 Å². The minimum Gasteiger partial charge on any atom is -0.249 e. The first-order valence-electron chi connectivity index (χ1n) is 3.33. The molecule has 5 heteroatoms. The molecule has 12 heavy (non-hydrogen) atoms. The molecule has 0 fully saturated rings. The molecule has 0 aliphatic rings. The van der Waals surface area contributed by atoms with E-state index in [2.05, 4.69) is 5.10 Å². The van der Waals surface area contributed by atoms with Gasteiger partial charge >= 0.3 is 0 Å². The van der Waals surface area contributed by atoms with Crippen LogP contribution in [0.2, 0.25) is 0 Å². The van der Waals surface area contributed by atoms with Crippen LogP contribution in [0.1, 0.15) is 12.6 Å². The Morgan fingerprint density at radius 1 is 1.75 bits per heavy atom. The third kappa shape index (κ3) is 2.02. The van der Waals surface area contributed by atoms with Crippen molar-refractivity contribution in [3.63, 3.8) is 0 Å².